The van der Waals surface area contributed by atoms with Gasteiger partial charge in [0.2, 0.25) is 5.88 Å². The Morgan fingerprint density at radius 1 is 1.28 bits per heavy atom. The van der Waals surface area contributed by atoms with Gasteiger partial charge < -0.3 is 14.8 Å². The number of aromatic hydroxyl groups is 2. The molecule has 1 fully saturated rings. The number of carbonyl (C=O) groups excluding carboxylic acids is 1. The van der Waals surface area contributed by atoms with Crippen LogP contribution in [0.4, 0.5) is 0 Å². The molecule has 160 valence electrons. The zero-order valence-corrected chi connectivity index (χ0v) is 19.0. The summed E-state index contributed by atoms with van der Waals surface area (Å²) in [6.07, 6.45) is 7.93. The zero-order chi connectivity index (χ0) is 21.6. The van der Waals surface area contributed by atoms with Crippen LogP contribution in [0.2, 0.25) is 0 Å². The number of nitrogens with zero attached hydrogens (tertiary/aromatic N) is 1. The number of Topliss-reactive ketones (excluding diaryl/α,β-unsaturated/α-hetero) is 1. The molecule has 1 heterocycles. The van der Waals surface area contributed by atoms with Crippen LogP contribution in [0.15, 0.2) is 23.3 Å². The highest BCUT2D eigenvalue weighted by molar-refractivity contribution is 6.04. The van der Waals surface area contributed by atoms with E-state index in [4.69, 9.17) is 0 Å². The van der Waals surface area contributed by atoms with E-state index in [1.807, 2.05) is 20.8 Å². The van der Waals surface area contributed by atoms with E-state index in [1.54, 1.807) is 11.6 Å². The maximum atomic E-state index is 14.0. The lowest BCUT2D eigenvalue weighted by molar-refractivity contribution is 0.0597. The van der Waals surface area contributed by atoms with Crippen LogP contribution >= 0.6 is 0 Å². The second-order valence-electron chi connectivity index (χ2n) is 9.61. The largest absolute Gasteiger partial charge is 0.505 e. The zero-order valence-electron chi connectivity index (χ0n) is 19.0. The van der Waals surface area contributed by atoms with Gasteiger partial charge in [0, 0.05) is 18.9 Å². The van der Waals surface area contributed by atoms with Gasteiger partial charge in [0.25, 0.3) is 0 Å². The summed E-state index contributed by atoms with van der Waals surface area (Å²) in [6, 6.07) is 0. The molecular formula is C25H37NO3. The topological polar surface area (TPSA) is 62.5 Å². The molecule has 2 aliphatic rings. The minimum absolute atomic E-state index is 0.00913. The summed E-state index contributed by atoms with van der Waals surface area (Å²) in [4.78, 5) is 14.0. The molecule has 2 N–H and O–H groups in total. The number of hydrogen-bond donors (Lipinski definition) is 2. The van der Waals surface area contributed by atoms with Gasteiger partial charge in [-0.1, -0.05) is 56.9 Å². The van der Waals surface area contributed by atoms with E-state index in [2.05, 4.69) is 32.9 Å². The summed E-state index contributed by atoms with van der Waals surface area (Å²) in [5.74, 6) is 0.588. The molecule has 1 saturated carbocycles. The molecule has 1 aromatic heterocycles. The smallest absolute Gasteiger partial charge is 0.206 e. The molecule has 0 spiro atoms. The van der Waals surface area contributed by atoms with Crippen molar-refractivity contribution in [3.05, 3.63) is 34.6 Å². The number of rotatable bonds is 4. The molecule has 5 atom stereocenters. The van der Waals surface area contributed by atoms with Crippen LogP contribution in [-0.4, -0.2) is 20.6 Å². The maximum absolute atomic E-state index is 14.0. The predicted octanol–water partition coefficient (Wildman–Crippen LogP) is 5.95. The van der Waals surface area contributed by atoms with E-state index in [-0.39, 0.29) is 46.6 Å². The highest BCUT2D eigenvalue weighted by Crippen LogP contribution is 2.52. The number of ketones is 1. The van der Waals surface area contributed by atoms with Crippen molar-refractivity contribution in [3.8, 4) is 11.6 Å². The monoisotopic (exact) mass is 399 g/mol. The Labute approximate surface area is 175 Å². The second-order valence-corrected chi connectivity index (χ2v) is 9.61. The van der Waals surface area contributed by atoms with Crippen molar-refractivity contribution >= 4 is 5.78 Å². The van der Waals surface area contributed by atoms with Gasteiger partial charge in [-0.3, -0.25) is 4.79 Å². The van der Waals surface area contributed by atoms with Crippen LogP contribution in [0.1, 0.15) is 82.8 Å². The Hall–Kier alpha value is -1.97. The summed E-state index contributed by atoms with van der Waals surface area (Å²) < 4.78 is 1.57. The van der Waals surface area contributed by atoms with Crippen LogP contribution in [0.5, 0.6) is 11.6 Å². The minimum atomic E-state index is -0.254. The quantitative estimate of drug-likeness (QED) is 0.485. The molecule has 2 aliphatic carbocycles. The van der Waals surface area contributed by atoms with Gasteiger partial charge in [0.15, 0.2) is 11.5 Å². The average molecular weight is 400 g/mol. The molecule has 1 aromatic rings. The Morgan fingerprint density at radius 2 is 1.93 bits per heavy atom. The summed E-state index contributed by atoms with van der Waals surface area (Å²) in [6.45, 7) is 12.4. The van der Waals surface area contributed by atoms with Crippen LogP contribution < -0.4 is 0 Å². The van der Waals surface area contributed by atoms with E-state index < -0.39 is 0 Å². The Morgan fingerprint density at radius 3 is 2.48 bits per heavy atom. The number of aromatic nitrogens is 1. The van der Waals surface area contributed by atoms with Crippen molar-refractivity contribution in [1.82, 2.24) is 4.57 Å². The van der Waals surface area contributed by atoms with Crippen molar-refractivity contribution in [3.63, 3.8) is 0 Å². The molecule has 5 unspecified atom stereocenters. The highest BCUT2D eigenvalue weighted by atomic mass is 16.3. The summed E-state index contributed by atoms with van der Waals surface area (Å²) in [5.41, 5.74) is 3.16. The Kier molecular flexibility index (Phi) is 6.03. The van der Waals surface area contributed by atoms with Gasteiger partial charge in [0.05, 0.1) is 5.69 Å². The van der Waals surface area contributed by atoms with Gasteiger partial charge in [-0.05, 0) is 50.9 Å². The highest BCUT2D eigenvalue weighted by Gasteiger charge is 2.48. The standard InChI is InChI=1S/C25H37NO3/c1-8-14(4)18-16(6)12-17-11-9-10-15(5)19(17)20(18)23(27)21-24(28)22(13(2)3)26(7)25(21)29/h8,12-13,15,17-20,28-29H,9-11H2,1-7H3. The number of hydrogen-bond acceptors (Lipinski definition) is 3. The molecular weight excluding hydrogens is 362 g/mol. The fraction of sp³-hybridized carbons (Fsp3) is 0.640. The SMILES string of the molecule is CC=C(C)C1C(C)=CC2CCCC(C)C2C1C(=O)c1c(O)c(C(C)C)n(C)c1O. The molecule has 0 radical (unpaired) electrons. The predicted molar refractivity (Wildman–Crippen MR) is 117 cm³/mol. The third-order valence-electron chi connectivity index (χ3n) is 7.51. The van der Waals surface area contributed by atoms with Crippen LogP contribution in [0.3, 0.4) is 0 Å². The van der Waals surface area contributed by atoms with Gasteiger partial charge in [-0.2, -0.15) is 0 Å². The molecule has 3 rings (SSSR count). The van der Waals surface area contributed by atoms with Crippen molar-refractivity contribution in [1.29, 1.82) is 0 Å². The number of allylic oxidation sites excluding steroid dienone is 4. The lowest BCUT2D eigenvalue weighted by Crippen LogP contribution is -2.44. The number of fused-ring (bicyclic) bond motifs is 1. The first-order valence-electron chi connectivity index (χ1n) is 11.1. The molecule has 0 bridgehead atoms. The van der Waals surface area contributed by atoms with Crippen LogP contribution in [0.25, 0.3) is 0 Å². The molecule has 0 aliphatic heterocycles. The lowest BCUT2D eigenvalue weighted by atomic mass is 9.56. The van der Waals surface area contributed by atoms with E-state index >= 15 is 0 Å². The van der Waals surface area contributed by atoms with E-state index in [0.29, 0.717) is 17.5 Å². The van der Waals surface area contributed by atoms with Gasteiger partial charge in [0.1, 0.15) is 5.56 Å². The molecule has 29 heavy (non-hydrogen) atoms. The second kappa shape index (κ2) is 8.04. The van der Waals surface area contributed by atoms with Crippen LogP contribution in [0, 0.1) is 29.6 Å². The maximum Gasteiger partial charge on any atom is 0.206 e. The third-order valence-corrected chi connectivity index (χ3v) is 7.51. The van der Waals surface area contributed by atoms with Crippen LogP contribution in [-0.2, 0) is 7.05 Å². The van der Waals surface area contributed by atoms with Crippen molar-refractivity contribution in [2.24, 2.45) is 36.6 Å². The van der Waals surface area contributed by atoms with Crippen molar-refractivity contribution < 1.29 is 15.0 Å². The van der Waals surface area contributed by atoms with Gasteiger partial charge >= 0.3 is 0 Å². The van der Waals surface area contributed by atoms with E-state index in [9.17, 15) is 15.0 Å². The normalized spacial score (nSPS) is 30.3. The van der Waals surface area contributed by atoms with E-state index in [1.165, 1.54) is 17.6 Å². The molecule has 4 nitrogen and oxygen atoms in total. The van der Waals surface area contributed by atoms with E-state index in [0.717, 1.165) is 12.8 Å². The van der Waals surface area contributed by atoms with Gasteiger partial charge in [-0.25, -0.2) is 0 Å². The Balaban J connectivity index is 2.18. The Bertz CT molecular complexity index is 858. The first kappa shape index (κ1) is 21.7. The summed E-state index contributed by atoms with van der Waals surface area (Å²) >= 11 is 0. The third kappa shape index (κ3) is 3.45. The molecule has 4 heteroatoms. The number of carbonyl (C=O) groups is 1. The fourth-order valence-electron chi connectivity index (χ4n) is 6.12. The molecule has 0 amide bonds. The summed E-state index contributed by atoms with van der Waals surface area (Å²) in [5, 5.41) is 21.8. The lowest BCUT2D eigenvalue weighted by Gasteiger charge is -2.47. The minimum Gasteiger partial charge on any atom is -0.505 e. The molecule has 0 saturated heterocycles. The van der Waals surface area contributed by atoms with Crippen molar-refractivity contribution in [2.45, 2.75) is 66.7 Å². The summed E-state index contributed by atoms with van der Waals surface area (Å²) in [7, 11) is 1.72. The van der Waals surface area contributed by atoms with Gasteiger partial charge in [-0.15, -0.1) is 0 Å². The molecule has 0 aromatic carbocycles. The fourth-order valence-corrected chi connectivity index (χ4v) is 6.12. The first-order chi connectivity index (χ1) is 13.6. The average Bonchev–Trinajstić information content (AvgIpc) is 2.88. The van der Waals surface area contributed by atoms with Crippen molar-refractivity contribution in [2.75, 3.05) is 0 Å². The first-order valence-corrected chi connectivity index (χ1v) is 11.1.